The molecule has 100 valence electrons. The van der Waals surface area contributed by atoms with E-state index in [9.17, 15) is 9.59 Å². The van der Waals surface area contributed by atoms with Gasteiger partial charge in [0.05, 0.1) is 12.0 Å². The van der Waals surface area contributed by atoms with Crippen molar-refractivity contribution in [3.8, 4) is 0 Å². The molecule has 3 N–H and O–H groups in total. The molecule has 0 aliphatic heterocycles. The average Bonchev–Trinajstić information content (AvgIpc) is 2.86. The fraction of sp³-hybridized carbons (Fsp3) is 0.308. The van der Waals surface area contributed by atoms with Gasteiger partial charge >= 0.3 is 12.0 Å². The normalized spacial score (nSPS) is 21.1. The molecule has 1 aliphatic carbocycles. The van der Waals surface area contributed by atoms with Crippen molar-refractivity contribution in [1.29, 1.82) is 0 Å². The van der Waals surface area contributed by atoms with Gasteiger partial charge in [-0.2, -0.15) is 0 Å². The van der Waals surface area contributed by atoms with Gasteiger partial charge in [-0.3, -0.25) is 9.78 Å². The van der Waals surface area contributed by atoms with Gasteiger partial charge in [0, 0.05) is 18.9 Å². The summed E-state index contributed by atoms with van der Waals surface area (Å²) in [5, 5.41) is 14.2. The highest BCUT2D eigenvalue weighted by molar-refractivity contribution is 5.76. The molecule has 2 rings (SSSR count). The highest BCUT2D eigenvalue weighted by atomic mass is 16.4. The first-order valence-corrected chi connectivity index (χ1v) is 5.99. The fourth-order valence-electron chi connectivity index (χ4n) is 1.89. The predicted octanol–water partition coefficient (Wildman–Crippen LogP) is 0.910. The zero-order valence-electron chi connectivity index (χ0n) is 10.2. The molecule has 1 heterocycles. The summed E-state index contributed by atoms with van der Waals surface area (Å²) in [5.74, 6) is -1.38. The molecule has 1 aromatic rings. The Morgan fingerprint density at radius 2 is 2.26 bits per heavy atom. The second-order valence-corrected chi connectivity index (χ2v) is 4.36. The van der Waals surface area contributed by atoms with Crippen LogP contribution in [0.2, 0.25) is 0 Å². The van der Waals surface area contributed by atoms with E-state index in [0.29, 0.717) is 13.0 Å². The molecule has 0 aromatic carbocycles. The van der Waals surface area contributed by atoms with E-state index in [0.717, 1.165) is 5.56 Å². The minimum Gasteiger partial charge on any atom is -0.481 e. The van der Waals surface area contributed by atoms with Crippen LogP contribution >= 0.6 is 0 Å². The van der Waals surface area contributed by atoms with Crippen LogP contribution in [0.15, 0.2) is 36.7 Å². The Bertz CT molecular complexity index is 487. The van der Waals surface area contributed by atoms with Crippen molar-refractivity contribution in [3.05, 3.63) is 42.2 Å². The van der Waals surface area contributed by atoms with Crippen LogP contribution in [0, 0.1) is 5.92 Å². The van der Waals surface area contributed by atoms with E-state index in [4.69, 9.17) is 5.11 Å². The van der Waals surface area contributed by atoms with Crippen molar-refractivity contribution in [2.24, 2.45) is 5.92 Å². The van der Waals surface area contributed by atoms with Crippen LogP contribution in [0.4, 0.5) is 4.79 Å². The summed E-state index contributed by atoms with van der Waals surface area (Å²) in [6.07, 6.45) is 7.06. The van der Waals surface area contributed by atoms with Crippen molar-refractivity contribution in [2.45, 2.75) is 19.0 Å². The summed E-state index contributed by atoms with van der Waals surface area (Å²) in [5.41, 5.74) is 0.906. The molecule has 0 bridgehead atoms. The minimum absolute atomic E-state index is 0.227. The fourth-order valence-corrected chi connectivity index (χ4v) is 1.89. The number of hydrogen-bond acceptors (Lipinski definition) is 3. The highest BCUT2D eigenvalue weighted by Gasteiger charge is 2.25. The van der Waals surface area contributed by atoms with E-state index in [-0.39, 0.29) is 12.1 Å². The molecule has 2 unspecified atom stereocenters. The van der Waals surface area contributed by atoms with Crippen LogP contribution in [0.5, 0.6) is 0 Å². The quantitative estimate of drug-likeness (QED) is 0.702. The number of rotatable bonds is 4. The number of aliphatic carboxylic acids is 1. The third-order valence-corrected chi connectivity index (χ3v) is 2.89. The first kappa shape index (κ1) is 13.1. The summed E-state index contributed by atoms with van der Waals surface area (Å²) < 4.78 is 0. The summed E-state index contributed by atoms with van der Waals surface area (Å²) in [6, 6.07) is 3.12. The number of carboxylic acids is 1. The number of urea groups is 1. The standard InChI is InChI=1S/C13H15N3O3/c17-12(18)10-3-4-11(6-10)16-13(19)15-8-9-2-1-5-14-7-9/h1-5,7,10-11H,6,8H2,(H,17,18)(H2,15,16,19). The minimum atomic E-state index is -0.865. The Labute approximate surface area is 110 Å². The molecule has 2 amide bonds. The molecule has 0 spiro atoms. The number of nitrogens with one attached hydrogen (secondary N) is 2. The van der Waals surface area contributed by atoms with E-state index in [2.05, 4.69) is 15.6 Å². The number of carbonyl (C=O) groups excluding carboxylic acids is 1. The maximum absolute atomic E-state index is 11.6. The smallest absolute Gasteiger partial charge is 0.315 e. The number of hydrogen-bond donors (Lipinski definition) is 3. The first-order chi connectivity index (χ1) is 9.15. The number of carboxylic acid groups (broad SMARTS) is 1. The second kappa shape index (κ2) is 5.99. The van der Waals surface area contributed by atoms with Crippen molar-refractivity contribution in [2.75, 3.05) is 0 Å². The number of nitrogens with zero attached hydrogens (tertiary/aromatic N) is 1. The zero-order chi connectivity index (χ0) is 13.7. The lowest BCUT2D eigenvalue weighted by molar-refractivity contribution is -0.140. The number of carbonyl (C=O) groups is 2. The molecule has 2 atom stereocenters. The lowest BCUT2D eigenvalue weighted by atomic mass is 10.1. The molecule has 0 saturated carbocycles. The van der Waals surface area contributed by atoms with Crippen LogP contribution in [0.1, 0.15) is 12.0 Å². The molecule has 1 aromatic heterocycles. The summed E-state index contributed by atoms with van der Waals surface area (Å²) in [6.45, 7) is 0.387. The van der Waals surface area contributed by atoms with Gasteiger partial charge in [-0.15, -0.1) is 0 Å². The Morgan fingerprint density at radius 3 is 2.89 bits per heavy atom. The molecule has 1 aliphatic rings. The second-order valence-electron chi connectivity index (χ2n) is 4.36. The van der Waals surface area contributed by atoms with Crippen molar-refractivity contribution in [1.82, 2.24) is 15.6 Å². The van der Waals surface area contributed by atoms with Gasteiger partial charge in [-0.1, -0.05) is 18.2 Å². The monoisotopic (exact) mass is 261 g/mol. The van der Waals surface area contributed by atoms with Gasteiger partial charge in [0.15, 0.2) is 0 Å². The van der Waals surface area contributed by atoms with Gasteiger partial charge in [0.2, 0.25) is 0 Å². The van der Waals surface area contributed by atoms with Crippen LogP contribution in [-0.4, -0.2) is 28.1 Å². The van der Waals surface area contributed by atoms with Crippen LogP contribution in [-0.2, 0) is 11.3 Å². The maximum Gasteiger partial charge on any atom is 0.315 e. The first-order valence-electron chi connectivity index (χ1n) is 5.99. The van der Waals surface area contributed by atoms with E-state index < -0.39 is 11.9 Å². The third-order valence-electron chi connectivity index (χ3n) is 2.89. The van der Waals surface area contributed by atoms with Crippen LogP contribution < -0.4 is 10.6 Å². The third kappa shape index (κ3) is 3.80. The Hall–Kier alpha value is -2.37. The van der Waals surface area contributed by atoms with Crippen molar-refractivity contribution >= 4 is 12.0 Å². The highest BCUT2D eigenvalue weighted by Crippen LogP contribution is 2.17. The predicted molar refractivity (Wildman–Crippen MR) is 68.3 cm³/mol. The van der Waals surface area contributed by atoms with Gasteiger partial charge in [0.25, 0.3) is 0 Å². The number of amides is 2. The summed E-state index contributed by atoms with van der Waals surface area (Å²) in [4.78, 5) is 26.3. The van der Waals surface area contributed by atoms with Crippen molar-refractivity contribution < 1.29 is 14.7 Å². The Morgan fingerprint density at radius 1 is 1.42 bits per heavy atom. The number of aromatic nitrogens is 1. The van der Waals surface area contributed by atoms with E-state index in [1.165, 1.54) is 0 Å². The van der Waals surface area contributed by atoms with E-state index in [1.54, 1.807) is 30.6 Å². The Kier molecular flexibility index (Phi) is 4.12. The SMILES string of the molecule is O=C(NCc1cccnc1)NC1C=CC(C(=O)O)C1. The van der Waals surface area contributed by atoms with Gasteiger partial charge in [-0.25, -0.2) is 4.79 Å². The van der Waals surface area contributed by atoms with E-state index >= 15 is 0 Å². The van der Waals surface area contributed by atoms with E-state index in [1.807, 2.05) is 6.07 Å². The average molecular weight is 261 g/mol. The van der Waals surface area contributed by atoms with Crippen LogP contribution in [0.25, 0.3) is 0 Å². The van der Waals surface area contributed by atoms with Gasteiger partial charge in [-0.05, 0) is 18.1 Å². The topological polar surface area (TPSA) is 91.3 Å². The molecular weight excluding hydrogens is 246 g/mol. The summed E-state index contributed by atoms with van der Waals surface area (Å²) in [7, 11) is 0. The molecule has 6 nitrogen and oxygen atoms in total. The number of pyridine rings is 1. The lowest BCUT2D eigenvalue weighted by Crippen LogP contribution is -2.40. The largest absolute Gasteiger partial charge is 0.481 e. The zero-order valence-corrected chi connectivity index (χ0v) is 10.2. The van der Waals surface area contributed by atoms with Crippen LogP contribution in [0.3, 0.4) is 0 Å². The summed E-state index contributed by atoms with van der Waals surface area (Å²) >= 11 is 0. The maximum atomic E-state index is 11.6. The Balaban J connectivity index is 1.74. The van der Waals surface area contributed by atoms with Gasteiger partial charge < -0.3 is 15.7 Å². The van der Waals surface area contributed by atoms with Gasteiger partial charge in [0.1, 0.15) is 0 Å². The lowest BCUT2D eigenvalue weighted by Gasteiger charge is -2.13. The molecule has 0 radical (unpaired) electrons. The molecule has 0 saturated heterocycles. The van der Waals surface area contributed by atoms with Crippen molar-refractivity contribution in [3.63, 3.8) is 0 Å². The molecule has 19 heavy (non-hydrogen) atoms. The molecule has 6 heteroatoms. The molecule has 0 fully saturated rings. The molecular formula is C13H15N3O3.